The average molecular weight is 665 g/mol. The lowest BCUT2D eigenvalue weighted by atomic mass is 9.98. The predicted molar refractivity (Wildman–Crippen MR) is 221 cm³/mol. The van der Waals surface area contributed by atoms with E-state index in [1.165, 1.54) is 107 Å². The van der Waals surface area contributed by atoms with Crippen LogP contribution in [0.5, 0.6) is 0 Å². The van der Waals surface area contributed by atoms with Gasteiger partial charge in [-0.1, -0.05) is 152 Å². The first kappa shape index (κ1) is 27.4. The van der Waals surface area contributed by atoms with Crippen molar-refractivity contribution in [2.24, 2.45) is 0 Å². The highest BCUT2D eigenvalue weighted by molar-refractivity contribution is 7.27. The van der Waals surface area contributed by atoms with Gasteiger partial charge in [0, 0.05) is 74.2 Å². The van der Waals surface area contributed by atoms with Crippen LogP contribution in [0.25, 0.3) is 113 Å². The summed E-state index contributed by atoms with van der Waals surface area (Å²) in [7, 11) is 0. The van der Waals surface area contributed by atoms with Gasteiger partial charge in [0.2, 0.25) is 0 Å². The van der Waals surface area contributed by atoms with E-state index in [0.29, 0.717) is 0 Å². The van der Waals surface area contributed by atoms with E-state index >= 15 is 0 Å². The second-order valence-electron chi connectivity index (χ2n) is 13.7. The molecular formula is C48H28N2S. The number of nitrogens with one attached hydrogen (secondary N) is 1. The lowest BCUT2D eigenvalue weighted by Gasteiger charge is -2.15. The van der Waals surface area contributed by atoms with Gasteiger partial charge in [-0.3, -0.25) is 0 Å². The van der Waals surface area contributed by atoms with Crippen molar-refractivity contribution in [3.05, 3.63) is 164 Å². The third kappa shape index (κ3) is 3.60. The molecule has 3 heterocycles. The molecule has 0 aliphatic rings. The van der Waals surface area contributed by atoms with E-state index in [1.54, 1.807) is 0 Å². The zero-order chi connectivity index (χ0) is 33.2. The van der Waals surface area contributed by atoms with Crippen LogP contribution in [-0.4, -0.2) is 9.55 Å². The Morgan fingerprint density at radius 2 is 1.08 bits per heavy atom. The maximum Gasteiger partial charge on any atom is 0.0627 e. The lowest BCUT2D eigenvalue weighted by Crippen LogP contribution is -1.97. The normalized spacial score (nSPS) is 12.3. The Kier molecular flexibility index (Phi) is 5.41. The summed E-state index contributed by atoms with van der Waals surface area (Å²) in [5, 5.41) is 15.3. The van der Waals surface area contributed by atoms with Gasteiger partial charge in [0.25, 0.3) is 0 Å². The summed E-state index contributed by atoms with van der Waals surface area (Å²) in [5.41, 5.74) is 8.62. The van der Waals surface area contributed by atoms with Gasteiger partial charge in [-0.25, -0.2) is 0 Å². The number of para-hydroxylation sites is 1. The molecule has 9 aromatic carbocycles. The molecule has 51 heavy (non-hydrogen) atoms. The van der Waals surface area contributed by atoms with E-state index < -0.39 is 0 Å². The molecule has 3 aromatic heterocycles. The summed E-state index contributed by atoms with van der Waals surface area (Å²) in [6.45, 7) is 0. The molecule has 0 bridgehead atoms. The largest absolute Gasteiger partial charge is 0.354 e. The summed E-state index contributed by atoms with van der Waals surface area (Å²) in [4.78, 5) is 3.85. The van der Waals surface area contributed by atoms with Crippen LogP contribution in [0.2, 0.25) is 0 Å². The van der Waals surface area contributed by atoms with Crippen molar-refractivity contribution in [3.8, 4) is 16.8 Å². The molecule has 1 N–H and O–H groups in total. The molecular weight excluding hydrogens is 637 g/mol. The standard InChI is InChI=1S/C48H28N2S/c1-2-13-28(14-3-1)31-22-12-23-36-39-27-41(32-17-6-9-20-35(32)48(39)51-47(31)36)50-45-30-16-5-4-15-29(30)25-26-38(45)43-42-37-21-10-11-24-40(37)49-44(42)33-18-7-8-19-34(33)46(43)50/h1-27,49H. The van der Waals surface area contributed by atoms with Crippen LogP contribution in [-0.2, 0) is 0 Å². The van der Waals surface area contributed by atoms with Gasteiger partial charge in [0.1, 0.15) is 0 Å². The number of benzene rings is 9. The smallest absolute Gasteiger partial charge is 0.0627 e. The summed E-state index contributed by atoms with van der Waals surface area (Å²) in [6.07, 6.45) is 0. The van der Waals surface area contributed by atoms with Crippen molar-refractivity contribution in [2.75, 3.05) is 0 Å². The third-order valence-corrected chi connectivity index (χ3v) is 12.4. The Hall–Kier alpha value is -6.42. The molecule has 0 radical (unpaired) electrons. The lowest BCUT2D eigenvalue weighted by molar-refractivity contribution is 1.22. The minimum Gasteiger partial charge on any atom is -0.354 e. The minimum atomic E-state index is 1.16. The number of rotatable bonds is 2. The van der Waals surface area contributed by atoms with E-state index in [-0.39, 0.29) is 0 Å². The average Bonchev–Trinajstić information content (AvgIpc) is 3.88. The second kappa shape index (κ2) is 10.1. The van der Waals surface area contributed by atoms with E-state index in [1.807, 2.05) is 11.3 Å². The van der Waals surface area contributed by atoms with Crippen molar-refractivity contribution in [1.29, 1.82) is 0 Å². The van der Waals surface area contributed by atoms with E-state index in [4.69, 9.17) is 0 Å². The first-order chi connectivity index (χ1) is 25.3. The van der Waals surface area contributed by atoms with E-state index in [0.717, 1.165) is 5.52 Å². The van der Waals surface area contributed by atoms with Crippen LogP contribution in [0.1, 0.15) is 0 Å². The van der Waals surface area contributed by atoms with Crippen LogP contribution in [0.4, 0.5) is 0 Å². The number of aromatic amines is 1. The highest BCUT2D eigenvalue weighted by Crippen LogP contribution is 2.49. The van der Waals surface area contributed by atoms with Gasteiger partial charge < -0.3 is 9.55 Å². The zero-order valence-electron chi connectivity index (χ0n) is 27.4. The van der Waals surface area contributed by atoms with Crippen molar-refractivity contribution in [3.63, 3.8) is 0 Å². The highest BCUT2D eigenvalue weighted by Gasteiger charge is 2.25. The molecule has 12 aromatic rings. The first-order valence-electron chi connectivity index (χ1n) is 17.5. The van der Waals surface area contributed by atoms with Crippen molar-refractivity contribution < 1.29 is 0 Å². The summed E-state index contributed by atoms with van der Waals surface area (Å²) >= 11 is 1.92. The molecule has 2 nitrogen and oxygen atoms in total. The number of hydrogen-bond donors (Lipinski definition) is 1. The molecule has 0 aliphatic carbocycles. The molecule has 0 spiro atoms. The second-order valence-corrected chi connectivity index (χ2v) is 14.7. The van der Waals surface area contributed by atoms with Crippen molar-refractivity contribution >= 4 is 107 Å². The van der Waals surface area contributed by atoms with Crippen LogP contribution < -0.4 is 0 Å². The van der Waals surface area contributed by atoms with E-state index in [9.17, 15) is 0 Å². The molecule has 0 unspecified atom stereocenters. The van der Waals surface area contributed by atoms with E-state index in [2.05, 4.69) is 173 Å². The summed E-state index contributed by atoms with van der Waals surface area (Å²) in [5.74, 6) is 0. The summed E-state index contributed by atoms with van der Waals surface area (Å²) < 4.78 is 5.28. The van der Waals surface area contributed by atoms with Crippen LogP contribution >= 0.6 is 11.3 Å². The Labute approximate surface area is 296 Å². The van der Waals surface area contributed by atoms with Gasteiger partial charge in [-0.2, -0.15) is 0 Å². The molecule has 12 rings (SSSR count). The Morgan fingerprint density at radius 1 is 0.412 bits per heavy atom. The zero-order valence-corrected chi connectivity index (χ0v) is 28.3. The third-order valence-electron chi connectivity index (χ3n) is 11.1. The predicted octanol–water partition coefficient (Wildman–Crippen LogP) is 13.9. The van der Waals surface area contributed by atoms with Crippen LogP contribution in [0, 0.1) is 0 Å². The molecule has 0 saturated heterocycles. The number of hydrogen-bond acceptors (Lipinski definition) is 1. The van der Waals surface area contributed by atoms with Crippen molar-refractivity contribution in [1.82, 2.24) is 9.55 Å². The number of H-pyrrole nitrogens is 1. The molecule has 0 fully saturated rings. The number of aromatic nitrogens is 2. The number of nitrogens with zero attached hydrogens (tertiary/aromatic N) is 1. The fourth-order valence-electron chi connectivity index (χ4n) is 8.94. The number of fused-ring (bicyclic) bond motifs is 17. The Balaban J connectivity index is 1.35. The van der Waals surface area contributed by atoms with Gasteiger partial charge in [0.15, 0.2) is 0 Å². The fraction of sp³-hybridized carbons (Fsp3) is 0. The van der Waals surface area contributed by atoms with Gasteiger partial charge >= 0.3 is 0 Å². The monoisotopic (exact) mass is 664 g/mol. The van der Waals surface area contributed by atoms with Crippen LogP contribution in [0.15, 0.2) is 164 Å². The molecule has 0 aliphatic heterocycles. The molecule has 3 heteroatoms. The van der Waals surface area contributed by atoms with Crippen molar-refractivity contribution in [2.45, 2.75) is 0 Å². The molecule has 236 valence electrons. The van der Waals surface area contributed by atoms with Gasteiger partial charge in [-0.15, -0.1) is 11.3 Å². The highest BCUT2D eigenvalue weighted by atomic mass is 32.1. The Bertz CT molecular complexity index is 3410. The number of thiophene rings is 1. The molecule has 0 amide bonds. The minimum absolute atomic E-state index is 1.16. The maximum absolute atomic E-state index is 3.85. The summed E-state index contributed by atoms with van der Waals surface area (Å²) in [6, 6.07) is 60.4. The fourth-order valence-corrected chi connectivity index (χ4v) is 10.3. The topological polar surface area (TPSA) is 20.7 Å². The van der Waals surface area contributed by atoms with Crippen LogP contribution in [0.3, 0.4) is 0 Å². The SMILES string of the molecule is c1ccc(-c2cccc3c2sc2c4ccccc4c(-n4c5c6ccccc6ccc5c5c6c7ccccc7[nH]c6c6ccccc6c54)cc32)cc1. The molecule has 0 atom stereocenters. The Morgan fingerprint density at radius 3 is 1.94 bits per heavy atom. The quantitative estimate of drug-likeness (QED) is 0.190. The van der Waals surface area contributed by atoms with Gasteiger partial charge in [-0.05, 0) is 28.6 Å². The maximum atomic E-state index is 3.85. The molecule has 0 saturated carbocycles. The first-order valence-corrected chi connectivity index (χ1v) is 18.3. The van der Waals surface area contributed by atoms with Gasteiger partial charge in [0.05, 0.1) is 22.2 Å².